The average Bonchev–Trinajstić information content (AvgIpc) is 3.42. The number of aliphatic hydroxyl groups is 1. The minimum absolute atomic E-state index is 0.0147. The lowest BCUT2D eigenvalue weighted by atomic mass is 9.94. The summed E-state index contributed by atoms with van der Waals surface area (Å²) in [6.07, 6.45) is 1.44. The zero-order valence-corrected chi connectivity index (χ0v) is 16.9. The molecule has 0 aromatic heterocycles. The first-order valence-electron chi connectivity index (χ1n) is 10.1. The molecule has 5 atom stereocenters. The van der Waals surface area contributed by atoms with Crippen LogP contribution >= 0.6 is 0 Å². The summed E-state index contributed by atoms with van der Waals surface area (Å²) >= 11 is 0. The van der Waals surface area contributed by atoms with Gasteiger partial charge >= 0.3 is 0 Å². The third-order valence-electron chi connectivity index (χ3n) is 6.14. The van der Waals surface area contributed by atoms with E-state index in [0.29, 0.717) is 5.92 Å². The van der Waals surface area contributed by atoms with E-state index in [4.69, 9.17) is 0 Å². The van der Waals surface area contributed by atoms with Crippen molar-refractivity contribution in [2.75, 3.05) is 20.7 Å². The fourth-order valence-electron chi connectivity index (χ4n) is 4.42. The number of benzene rings is 1. The highest BCUT2D eigenvalue weighted by Gasteiger charge is 2.53. The lowest BCUT2D eigenvalue weighted by Crippen LogP contribution is -2.68. The molecule has 2 aliphatic heterocycles. The van der Waals surface area contributed by atoms with Crippen LogP contribution in [0.2, 0.25) is 0 Å². The van der Waals surface area contributed by atoms with Crippen molar-refractivity contribution < 1.29 is 18.7 Å². The molecule has 2 heterocycles. The highest BCUT2D eigenvalue weighted by atomic mass is 19.3. The summed E-state index contributed by atoms with van der Waals surface area (Å²) in [5.41, 5.74) is 4.25. The molecule has 5 unspecified atom stereocenters. The molecular formula is C20H29F2N5O2. The van der Waals surface area contributed by atoms with Gasteiger partial charge in [0.25, 0.3) is 5.92 Å². The largest absolute Gasteiger partial charge is 0.395 e. The van der Waals surface area contributed by atoms with Crippen LogP contribution in [-0.4, -0.2) is 60.1 Å². The number of hydrogen-bond donors (Lipinski definition) is 4. The summed E-state index contributed by atoms with van der Waals surface area (Å²) < 4.78 is 27.3. The number of hydrogen-bond acceptors (Lipinski definition) is 6. The van der Waals surface area contributed by atoms with Crippen LogP contribution in [-0.2, 0) is 10.7 Å². The smallest absolute Gasteiger partial charge is 0.270 e. The van der Waals surface area contributed by atoms with E-state index < -0.39 is 17.9 Å². The second-order valence-corrected chi connectivity index (χ2v) is 8.63. The Hall–Kier alpha value is -1.65. The van der Waals surface area contributed by atoms with Gasteiger partial charge in [0.1, 0.15) is 6.29 Å². The normalized spacial score (nSPS) is 31.6. The number of halogens is 2. The van der Waals surface area contributed by atoms with Gasteiger partial charge in [0, 0.05) is 12.5 Å². The van der Waals surface area contributed by atoms with Crippen LogP contribution in [0.4, 0.5) is 8.78 Å². The molecule has 0 radical (unpaired) electrons. The van der Waals surface area contributed by atoms with Gasteiger partial charge < -0.3 is 10.4 Å². The van der Waals surface area contributed by atoms with Crippen LogP contribution in [0.1, 0.15) is 36.9 Å². The van der Waals surface area contributed by atoms with Crippen molar-refractivity contribution >= 4 is 5.91 Å². The third kappa shape index (κ3) is 3.89. The first-order chi connectivity index (χ1) is 13.7. The predicted octanol–water partition coefficient (Wildman–Crippen LogP) is 0.937. The number of carbonyl (C=O) groups excluding carboxylic acids is 1. The van der Waals surface area contributed by atoms with Gasteiger partial charge in [-0.2, -0.15) is 0 Å². The number of hydrazine groups is 1. The minimum Gasteiger partial charge on any atom is -0.395 e. The van der Waals surface area contributed by atoms with Crippen molar-refractivity contribution in [2.24, 2.45) is 11.8 Å². The molecule has 4 N–H and O–H groups in total. The van der Waals surface area contributed by atoms with Crippen molar-refractivity contribution in [1.82, 2.24) is 26.0 Å². The highest BCUT2D eigenvalue weighted by molar-refractivity contribution is 5.81. The molecule has 1 aromatic rings. The molecule has 9 heteroatoms. The predicted molar refractivity (Wildman–Crippen MR) is 103 cm³/mol. The maximum atomic E-state index is 13.6. The quantitative estimate of drug-likeness (QED) is 0.560. The molecule has 1 amide bonds. The molecular weight excluding hydrogens is 380 g/mol. The van der Waals surface area contributed by atoms with Crippen molar-refractivity contribution in [3.8, 4) is 0 Å². The summed E-state index contributed by atoms with van der Waals surface area (Å²) in [4.78, 5) is 14.6. The Bertz CT molecular complexity index is 750. The molecule has 0 bridgehead atoms. The standard InChI is InChI=1S/C20H29F2N5O2/c1-20(21,22)13-8-6-12(7-9-13)16(11-4-5-11)27-17-15(14(10-28)25-27)18(29)24-19(23-17)26(2)3/h6-9,11,14-17,19,23,25,28H,4-5,10H2,1-3H3,(H,24,29). The first-order valence-corrected chi connectivity index (χ1v) is 10.1. The van der Waals surface area contributed by atoms with Crippen molar-refractivity contribution in [2.45, 2.75) is 50.2 Å². The minimum atomic E-state index is -2.88. The van der Waals surface area contributed by atoms with Gasteiger partial charge in [0.15, 0.2) is 0 Å². The molecule has 1 aromatic carbocycles. The van der Waals surface area contributed by atoms with Gasteiger partial charge in [-0.25, -0.2) is 19.2 Å². The zero-order valence-electron chi connectivity index (χ0n) is 16.9. The molecule has 29 heavy (non-hydrogen) atoms. The average molecular weight is 409 g/mol. The van der Waals surface area contributed by atoms with Gasteiger partial charge in [-0.05, 0) is 38.4 Å². The van der Waals surface area contributed by atoms with Crippen LogP contribution in [0.5, 0.6) is 0 Å². The van der Waals surface area contributed by atoms with Gasteiger partial charge in [-0.3, -0.25) is 15.0 Å². The van der Waals surface area contributed by atoms with Crippen LogP contribution in [0.25, 0.3) is 0 Å². The van der Waals surface area contributed by atoms with Crippen LogP contribution in [0, 0.1) is 11.8 Å². The Morgan fingerprint density at radius 3 is 2.45 bits per heavy atom. The maximum absolute atomic E-state index is 13.6. The van der Waals surface area contributed by atoms with Gasteiger partial charge in [0.05, 0.1) is 30.8 Å². The van der Waals surface area contributed by atoms with Gasteiger partial charge in [0.2, 0.25) is 5.91 Å². The summed E-state index contributed by atoms with van der Waals surface area (Å²) in [7, 11) is 3.74. The monoisotopic (exact) mass is 409 g/mol. The number of rotatable bonds is 6. The lowest BCUT2D eigenvalue weighted by molar-refractivity contribution is -0.134. The summed E-state index contributed by atoms with van der Waals surface area (Å²) in [6, 6.07) is 5.99. The number of carbonyl (C=O) groups is 1. The number of amides is 1. The summed E-state index contributed by atoms with van der Waals surface area (Å²) in [5, 5.41) is 18.3. The van der Waals surface area contributed by atoms with Gasteiger partial charge in [-0.1, -0.05) is 24.3 Å². The van der Waals surface area contributed by atoms with E-state index in [9.17, 15) is 18.7 Å². The molecule has 1 saturated carbocycles. The maximum Gasteiger partial charge on any atom is 0.270 e. The van der Waals surface area contributed by atoms with Crippen molar-refractivity contribution in [3.05, 3.63) is 35.4 Å². The fourth-order valence-corrected chi connectivity index (χ4v) is 4.42. The summed E-state index contributed by atoms with van der Waals surface area (Å²) in [6.45, 7) is 0.725. The van der Waals surface area contributed by atoms with E-state index in [1.54, 1.807) is 12.1 Å². The Balaban J connectivity index is 1.65. The van der Waals surface area contributed by atoms with Crippen molar-refractivity contribution in [1.29, 1.82) is 0 Å². The molecule has 2 saturated heterocycles. The molecule has 3 fully saturated rings. The van der Waals surface area contributed by atoms with Crippen LogP contribution < -0.4 is 16.1 Å². The second-order valence-electron chi connectivity index (χ2n) is 8.63. The zero-order chi connectivity index (χ0) is 20.9. The van der Waals surface area contributed by atoms with E-state index in [0.717, 1.165) is 25.3 Å². The van der Waals surface area contributed by atoms with Crippen molar-refractivity contribution in [3.63, 3.8) is 0 Å². The molecule has 3 aliphatic rings. The van der Waals surface area contributed by atoms with Crippen LogP contribution in [0.15, 0.2) is 24.3 Å². The Morgan fingerprint density at radius 1 is 1.28 bits per heavy atom. The third-order valence-corrected chi connectivity index (χ3v) is 6.14. The highest BCUT2D eigenvalue weighted by Crippen LogP contribution is 2.47. The lowest BCUT2D eigenvalue weighted by Gasteiger charge is -2.42. The number of nitrogens with zero attached hydrogens (tertiary/aromatic N) is 2. The molecule has 7 nitrogen and oxygen atoms in total. The van der Waals surface area contributed by atoms with E-state index in [1.165, 1.54) is 12.1 Å². The fraction of sp³-hybridized carbons (Fsp3) is 0.650. The van der Waals surface area contributed by atoms with Crippen LogP contribution in [0.3, 0.4) is 0 Å². The van der Waals surface area contributed by atoms with E-state index in [2.05, 4.69) is 16.1 Å². The Kier molecular flexibility index (Phi) is 5.37. The van der Waals surface area contributed by atoms with E-state index >= 15 is 0 Å². The number of nitrogens with one attached hydrogen (secondary N) is 3. The summed E-state index contributed by atoms with van der Waals surface area (Å²) in [5.74, 6) is -3.07. The molecule has 4 rings (SSSR count). The molecule has 0 spiro atoms. The molecule has 1 aliphatic carbocycles. The molecule has 160 valence electrons. The number of fused-ring (bicyclic) bond motifs is 1. The number of aliphatic hydroxyl groups excluding tert-OH is 1. The van der Waals surface area contributed by atoms with E-state index in [-0.39, 0.29) is 36.6 Å². The Morgan fingerprint density at radius 2 is 1.93 bits per heavy atom. The first kappa shape index (κ1) is 20.6. The van der Waals surface area contributed by atoms with Gasteiger partial charge in [-0.15, -0.1) is 0 Å². The number of alkyl halides is 2. The SMILES string of the molecule is CN(C)C1NC(=O)C2C(CO)NN(C(c3ccc(C(C)(F)F)cc3)C3CC3)C2N1. The topological polar surface area (TPSA) is 79.9 Å². The second kappa shape index (κ2) is 7.55. The Labute approximate surface area is 169 Å². The van der Waals surface area contributed by atoms with E-state index in [1.807, 2.05) is 24.0 Å².